The van der Waals surface area contributed by atoms with E-state index in [4.69, 9.17) is 4.74 Å². The Balaban J connectivity index is 1.47. The zero-order chi connectivity index (χ0) is 19.3. The number of amides is 1. The summed E-state index contributed by atoms with van der Waals surface area (Å²) < 4.78 is 5.58. The molecule has 4 heterocycles. The molecule has 0 unspecified atom stereocenters. The summed E-state index contributed by atoms with van der Waals surface area (Å²) in [6.07, 6.45) is 7.97. The van der Waals surface area contributed by atoms with E-state index in [1.165, 1.54) is 0 Å². The quantitative estimate of drug-likeness (QED) is 0.853. The molecule has 2 atom stereocenters. The highest BCUT2D eigenvalue weighted by molar-refractivity contribution is 5.79. The van der Waals surface area contributed by atoms with Crippen LogP contribution in [0.25, 0.3) is 0 Å². The third-order valence-electron chi connectivity index (χ3n) is 6.40. The maximum absolute atomic E-state index is 13.1. The topological polar surface area (TPSA) is 70.6 Å². The van der Waals surface area contributed by atoms with Gasteiger partial charge in [-0.3, -0.25) is 9.69 Å². The van der Waals surface area contributed by atoms with Gasteiger partial charge in [0.25, 0.3) is 0 Å². The molecule has 3 saturated heterocycles. The van der Waals surface area contributed by atoms with Gasteiger partial charge >= 0.3 is 0 Å². The van der Waals surface area contributed by atoms with Gasteiger partial charge in [0, 0.05) is 63.2 Å². The predicted molar refractivity (Wildman–Crippen MR) is 108 cm³/mol. The van der Waals surface area contributed by atoms with E-state index in [1.807, 2.05) is 13.0 Å². The van der Waals surface area contributed by atoms with Crippen LogP contribution in [0.5, 0.6) is 0 Å². The molecule has 0 aliphatic carbocycles. The van der Waals surface area contributed by atoms with Gasteiger partial charge in [-0.15, -0.1) is 0 Å². The lowest BCUT2D eigenvalue weighted by Crippen LogP contribution is -2.47. The molecule has 3 aliphatic rings. The minimum absolute atomic E-state index is 0.111. The lowest BCUT2D eigenvalue weighted by Gasteiger charge is -2.36. The van der Waals surface area contributed by atoms with Gasteiger partial charge in [0.05, 0.1) is 5.92 Å². The number of carbonyl (C=O) groups excluding carboxylic acids is 1. The Hall–Kier alpha value is -1.73. The number of likely N-dealkylation sites (tertiary alicyclic amines) is 2. The van der Waals surface area contributed by atoms with Crippen LogP contribution in [0.1, 0.15) is 44.2 Å². The van der Waals surface area contributed by atoms with E-state index in [9.17, 15) is 4.79 Å². The van der Waals surface area contributed by atoms with Crippen LogP contribution in [0.3, 0.4) is 0 Å². The lowest BCUT2D eigenvalue weighted by atomic mass is 9.99. The average Bonchev–Trinajstić information content (AvgIpc) is 3.17. The fourth-order valence-corrected chi connectivity index (χ4v) is 4.83. The molecule has 1 aromatic heterocycles. The van der Waals surface area contributed by atoms with E-state index >= 15 is 0 Å². The van der Waals surface area contributed by atoms with E-state index in [0.29, 0.717) is 18.0 Å². The molecular weight excluding hydrogens is 354 g/mol. The molecule has 0 radical (unpaired) electrons. The molecule has 0 aromatic carbocycles. The van der Waals surface area contributed by atoms with Crippen LogP contribution in [0.15, 0.2) is 12.4 Å². The predicted octanol–water partition coefficient (Wildman–Crippen LogP) is 2.08. The average molecular weight is 388 g/mol. The fourth-order valence-electron chi connectivity index (χ4n) is 4.83. The summed E-state index contributed by atoms with van der Waals surface area (Å²) >= 11 is 0. The van der Waals surface area contributed by atoms with Crippen molar-refractivity contribution in [1.29, 1.82) is 0 Å². The van der Waals surface area contributed by atoms with Gasteiger partial charge in [0.2, 0.25) is 5.91 Å². The maximum atomic E-state index is 13.1. The van der Waals surface area contributed by atoms with Gasteiger partial charge in [-0.05, 0) is 45.4 Å². The summed E-state index contributed by atoms with van der Waals surface area (Å²) in [6, 6.07) is 2.81. The summed E-state index contributed by atoms with van der Waals surface area (Å²) in [7, 11) is 0. The number of carbonyl (C=O) groups is 1. The van der Waals surface area contributed by atoms with Gasteiger partial charge < -0.3 is 15.0 Å². The van der Waals surface area contributed by atoms with Crippen molar-refractivity contribution in [3.63, 3.8) is 0 Å². The number of rotatable bonds is 4. The summed E-state index contributed by atoms with van der Waals surface area (Å²) in [5.74, 6) is 1.36. The normalized spacial score (nSPS) is 27.5. The zero-order valence-electron chi connectivity index (χ0n) is 17.0. The van der Waals surface area contributed by atoms with Crippen molar-refractivity contribution >= 4 is 11.7 Å². The fraction of sp³-hybridized carbons (Fsp3) is 0.762. The molecule has 7 heteroatoms. The van der Waals surface area contributed by atoms with Crippen LogP contribution in [-0.2, 0) is 9.53 Å². The Bertz CT molecular complexity index is 658. The van der Waals surface area contributed by atoms with E-state index in [-0.39, 0.29) is 5.92 Å². The van der Waals surface area contributed by atoms with Crippen LogP contribution in [0, 0.1) is 12.8 Å². The molecule has 0 spiro atoms. The summed E-state index contributed by atoms with van der Waals surface area (Å²) in [6.45, 7) is 7.35. The second-order valence-corrected chi connectivity index (χ2v) is 8.49. The molecule has 1 aromatic rings. The summed E-state index contributed by atoms with van der Waals surface area (Å²) in [4.78, 5) is 26.3. The van der Waals surface area contributed by atoms with Gasteiger partial charge in [-0.1, -0.05) is 0 Å². The van der Waals surface area contributed by atoms with Crippen molar-refractivity contribution in [2.75, 3.05) is 44.7 Å². The van der Waals surface area contributed by atoms with Gasteiger partial charge in [0.1, 0.15) is 12.1 Å². The standard InChI is InChI=1S/C21H33N5O2/c1-16-12-20(23-15-22-16)24-18-5-4-17(21(27)25-8-2-3-9-25)13-26(14-18)19-6-10-28-11-7-19/h12,15,17-19H,2-11,13-14H2,1H3,(H,22,23,24)/t17-,18+/m1/s1. The number of ether oxygens (including phenoxy) is 1. The highest BCUT2D eigenvalue weighted by atomic mass is 16.5. The van der Waals surface area contributed by atoms with Crippen LogP contribution in [0.4, 0.5) is 5.82 Å². The van der Waals surface area contributed by atoms with Crippen molar-refractivity contribution in [2.24, 2.45) is 5.92 Å². The monoisotopic (exact) mass is 387 g/mol. The number of nitrogens with one attached hydrogen (secondary N) is 1. The Morgan fingerprint density at radius 3 is 2.64 bits per heavy atom. The minimum atomic E-state index is 0.111. The van der Waals surface area contributed by atoms with E-state index in [0.717, 1.165) is 89.4 Å². The van der Waals surface area contributed by atoms with Crippen LogP contribution in [0.2, 0.25) is 0 Å². The molecule has 4 rings (SSSR count). The van der Waals surface area contributed by atoms with Gasteiger partial charge in [0.15, 0.2) is 0 Å². The molecule has 1 amide bonds. The molecule has 3 fully saturated rings. The van der Waals surface area contributed by atoms with Crippen LogP contribution < -0.4 is 5.32 Å². The van der Waals surface area contributed by atoms with Crippen molar-refractivity contribution in [2.45, 2.75) is 57.5 Å². The third-order valence-corrected chi connectivity index (χ3v) is 6.40. The second kappa shape index (κ2) is 9.18. The molecule has 154 valence electrons. The first-order valence-corrected chi connectivity index (χ1v) is 10.8. The number of hydrogen-bond donors (Lipinski definition) is 1. The first-order valence-electron chi connectivity index (χ1n) is 10.8. The Morgan fingerprint density at radius 1 is 1.11 bits per heavy atom. The molecule has 1 N–H and O–H groups in total. The molecule has 0 bridgehead atoms. The zero-order valence-corrected chi connectivity index (χ0v) is 17.0. The van der Waals surface area contributed by atoms with Crippen LogP contribution in [-0.4, -0.2) is 77.2 Å². The highest BCUT2D eigenvalue weighted by Gasteiger charge is 2.35. The van der Waals surface area contributed by atoms with Crippen molar-refractivity contribution in [3.05, 3.63) is 18.1 Å². The number of aryl methyl sites for hydroxylation is 1. The smallest absolute Gasteiger partial charge is 0.226 e. The molecular formula is C21H33N5O2. The van der Waals surface area contributed by atoms with Crippen LogP contribution >= 0.6 is 0 Å². The maximum Gasteiger partial charge on any atom is 0.226 e. The van der Waals surface area contributed by atoms with E-state index in [2.05, 4.69) is 25.1 Å². The third kappa shape index (κ3) is 4.81. The molecule has 3 aliphatic heterocycles. The Labute approximate surface area is 167 Å². The number of aromatic nitrogens is 2. The van der Waals surface area contributed by atoms with Gasteiger partial charge in [-0.2, -0.15) is 0 Å². The van der Waals surface area contributed by atoms with Crippen molar-refractivity contribution in [3.8, 4) is 0 Å². The Kier molecular flexibility index (Phi) is 6.42. The second-order valence-electron chi connectivity index (χ2n) is 8.49. The molecule has 28 heavy (non-hydrogen) atoms. The highest BCUT2D eigenvalue weighted by Crippen LogP contribution is 2.26. The number of anilines is 1. The van der Waals surface area contributed by atoms with E-state index in [1.54, 1.807) is 6.33 Å². The van der Waals surface area contributed by atoms with E-state index < -0.39 is 0 Å². The molecule has 0 saturated carbocycles. The molecule has 7 nitrogen and oxygen atoms in total. The first kappa shape index (κ1) is 19.6. The van der Waals surface area contributed by atoms with Crippen molar-refractivity contribution < 1.29 is 9.53 Å². The summed E-state index contributed by atoms with van der Waals surface area (Å²) in [5.41, 5.74) is 0.967. The summed E-state index contributed by atoms with van der Waals surface area (Å²) in [5, 5.41) is 3.61. The first-order chi connectivity index (χ1) is 13.7. The number of hydrogen-bond acceptors (Lipinski definition) is 6. The lowest BCUT2D eigenvalue weighted by molar-refractivity contribution is -0.135. The Morgan fingerprint density at radius 2 is 1.89 bits per heavy atom. The van der Waals surface area contributed by atoms with Gasteiger partial charge in [-0.25, -0.2) is 9.97 Å². The number of nitrogens with zero attached hydrogens (tertiary/aromatic N) is 4. The SMILES string of the molecule is Cc1cc(N[C@H]2CC[C@@H](C(=O)N3CCCC3)CN(C3CCOCC3)C2)ncn1. The largest absolute Gasteiger partial charge is 0.381 e. The van der Waals surface area contributed by atoms with Crippen molar-refractivity contribution in [1.82, 2.24) is 19.8 Å². The minimum Gasteiger partial charge on any atom is -0.381 e.